The van der Waals surface area contributed by atoms with Crippen LogP contribution in [0.1, 0.15) is 32.0 Å². The molecule has 1 aliphatic heterocycles. The second-order valence-electron chi connectivity index (χ2n) is 6.14. The van der Waals surface area contributed by atoms with Gasteiger partial charge in [0.2, 0.25) is 5.91 Å². The Labute approximate surface area is 137 Å². The molecule has 0 aliphatic carbocycles. The Hall–Kier alpha value is -1.88. The zero-order valence-corrected chi connectivity index (χ0v) is 13.8. The number of rotatable bonds is 7. The van der Waals surface area contributed by atoms with E-state index in [1.165, 1.54) is 0 Å². The number of amides is 1. The van der Waals surface area contributed by atoms with Gasteiger partial charge in [0, 0.05) is 39.1 Å². The largest absolute Gasteiger partial charge is 0.381 e. The van der Waals surface area contributed by atoms with Crippen molar-refractivity contribution in [1.29, 1.82) is 0 Å². The van der Waals surface area contributed by atoms with Crippen molar-refractivity contribution in [2.45, 2.75) is 39.2 Å². The average Bonchev–Trinajstić information content (AvgIpc) is 3.20. The molecule has 1 unspecified atom stereocenters. The van der Waals surface area contributed by atoms with Gasteiger partial charge in [-0.1, -0.05) is 19.1 Å². The number of imidazole rings is 1. The molecule has 1 aliphatic rings. The zero-order valence-electron chi connectivity index (χ0n) is 13.8. The van der Waals surface area contributed by atoms with Crippen molar-refractivity contribution in [3.8, 4) is 0 Å². The molecule has 1 fully saturated rings. The quantitative estimate of drug-likeness (QED) is 0.854. The molecule has 1 saturated heterocycles. The molecular formula is C18H25N3O2. The van der Waals surface area contributed by atoms with Crippen LogP contribution in [-0.4, -0.2) is 35.2 Å². The fourth-order valence-corrected chi connectivity index (χ4v) is 3.17. The molecule has 1 aromatic carbocycles. The van der Waals surface area contributed by atoms with E-state index in [0.29, 0.717) is 18.9 Å². The van der Waals surface area contributed by atoms with Gasteiger partial charge in [0.05, 0.1) is 11.0 Å². The summed E-state index contributed by atoms with van der Waals surface area (Å²) in [5, 5.41) is 3.03. The molecule has 1 N–H and O–H groups in total. The summed E-state index contributed by atoms with van der Waals surface area (Å²) in [6, 6.07) is 8.11. The summed E-state index contributed by atoms with van der Waals surface area (Å²) in [6.45, 7) is 5.24. The van der Waals surface area contributed by atoms with E-state index in [1.54, 1.807) is 0 Å². The van der Waals surface area contributed by atoms with Crippen LogP contribution in [0.5, 0.6) is 0 Å². The van der Waals surface area contributed by atoms with Crippen molar-refractivity contribution in [3.05, 3.63) is 30.1 Å². The monoisotopic (exact) mass is 315 g/mol. The number of hydrogen-bond acceptors (Lipinski definition) is 3. The highest BCUT2D eigenvalue weighted by atomic mass is 16.5. The minimum absolute atomic E-state index is 0.115. The molecule has 0 bridgehead atoms. The standard InChI is InChI=1S/C18H25N3O2/c1-2-17-20-15-5-3-4-6-16(15)21(17)11-8-18(22)19-10-7-14-9-12-23-13-14/h3-6,14H,2,7-13H2,1H3,(H,19,22). The van der Waals surface area contributed by atoms with Gasteiger partial charge in [-0.05, 0) is 30.9 Å². The van der Waals surface area contributed by atoms with Gasteiger partial charge in [0.15, 0.2) is 0 Å². The van der Waals surface area contributed by atoms with Crippen LogP contribution in [0.3, 0.4) is 0 Å². The van der Waals surface area contributed by atoms with Gasteiger partial charge >= 0.3 is 0 Å². The minimum Gasteiger partial charge on any atom is -0.381 e. The first-order valence-electron chi connectivity index (χ1n) is 8.56. The average molecular weight is 315 g/mol. The van der Waals surface area contributed by atoms with Gasteiger partial charge < -0.3 is 14.6 Å². The van der Waals surface area contributed by atoms with E-state index in [2.05, 4.69) is 27.9 Å². The number of nitrogens with zero attached hydrogens (tertiary/aromatic N) is 2. The normalized spacial score (nSPS) is 17.7. The maximum Gasteiger partial charge on any atom is 0.221 e. The van der Waals surface area contributed by atoms with Gasteiger partial charge in [-0.15, -0.1) is 0 Å². The third-order valence-electron chi connectivity index (χ3n) is 4.51. The third kappa shape index (κ3) is 3.91. The molecule has 3 rings (SSSR count). The van der Waals surface area contributed by atoms with Crippen molar-refractivity contribution < 1.29 is 9.53 Å². The molecule has 2 aromatic rings. The summed E-state index contributed by atoms with van der Waals surface area (Å²) in [7, 11) is 0. The molecule has 5 heteroatoms. The van der Waals surface area contributed by atoms with Gasteiger partial charge in [-0.25, -0.2) is 4.98 Å². The predicted molar refractivity (Wildman–Crippen MR) is 90.3 cm³/mol. The Morgan fingerprint density at radius 1 is 1.43 bits per heavy atom. The van der Waals surface area contributed by atoms with Crippen LogP contribution in [0.2, 0.25) is 0 Å². The fourth-order valence-electron chi connectivity index (χ4n) is 3.17. The van der Waals surface area contributed by atoms with Gasteiger partial charge in [0.1, 0.15) is 5.82 Å². The van der Waals surface area contributed by atoms with Crippen LogP contribution < -0.4 is 5.32 Å². The molecule has 5 nitrogen and oxygen atoms in total. The molecule has 0 radical (unpaired) electrons. The summed E-state index contributed by atoms with van der Waals surface area (Å²) in [6.07, 6.45) is 3.50. The Morgan fingerprint density at radius 2 is 2.30 bits per heavy atom. The summed E-state index contributed by atoms with van der Waals surface area (Å²) in [4.78, 5) is 16.7. The first kappa shape index (κ1) is 16.0. The Balaban J connectivity index is 1.52. The molecule has 0 saturated carbocycles. The third-order valence-corrected chi connectivity index (χ3v) is 4.51. The molecule has 1 aromatic heterocycles. The minimum atomic E-state index is 0.115. The second kappa shape index (κ2) is 7.59. The molecule has 1 amide bonds. The molecule has 2 heterocycles. The topological polar surface area (TPSA) is 56.2 Å². The molecule has 124 valence electrons. The van der Waals surface area contributed by atoms with E-state index in [-0.39, 0.29) is 5.91 Å². The van der Waals surface area contributed by atoms with E-state index in [9.17, 15) is 4.79 Å². The maximum absolute atomic E-state index is 12.1. The first-order valence-corrected chi connectivity index (χ1v) is 8.56. The number of ether oxygens (including phenoxy) is 1. The highest BCUT2D eigenvalue weighted by Gasteiger charge is 2.15. The fraction of sp³-hybridized carbons (Fsp3) is 0.556. The van der Waals surface area contributed by atoms with Crippen molar-refractivity contribution in [3.63, 3.8) is 0 Å². The van der Waals surface area contributed by atoms with Crippen molar-refractivity contribution >= 4 is 16.9 Å². The number of nitrogens with one attached hydrogen (secondary N) is 1. The van der Waals surface area contributed by atoms with E-state index >= 15 is 0 Å². The molecular weight excluding hydrogens is 290 g/mol. The lowest BCUT2D eigenvalue weighted by molar-refractivity contribution is -0.121. The SMILES string of the molecule is CCc1nc2ccccc2n1CCC(=O)NCCC1CCOC1. The van der Waals surface area contributed by atoms with Gasteiger partial charge in [-0.3, -0.25) is 4.79 Å². The number of benzene rings is 1. The van der Waals surface area contributed by atoms with Gasteiger partial charge in [-0.2, -0.15) is 0 Å². The lowest BCUT2D eigenvalue weighted by Crippen LogP contribution is -2.27. The predicted octanol–water partition coefficient (Wildman–Crippen LogP) is 2.53. The number of aromatic nitrogens is 2. The van der Waals surface area contributed by atoms with Crippen LogP contribution in [-0.2, 0) is 22.5 Å². The highest BCUT2D eigenvalue weighted by Crippen LogP contribution is 2.17. The second-order valence-corrected chi connectivity index (χ2v) is 6.14. The maximum atomic E-state index is 12.1. The van der Waals surface area contributed by atoms with Crippen molar-refractivity contribution in [2.24, 2.45) is 5.92 Å². The summed E-state index contributed by atoms with van der Waals surface area (Å²) >= 11 is 0. The van der Waals surface area contributed by atoms with Crippen LogP contribution >= 0.6 is 0 Å². The smallest absolute Gasteiger partial charge is 0.221 e. The Morgan fingerprint density at radius 3 is 3.09 bits per heavy atom. The number of carbonyl (C=O) groups excluding carboxylic acids is 1. The number of hydrogen-bond donors (Lipinski definition) is 1. The summed E-state index contributed by atoms with van der Waals surface area (Å²) in [5.41, 5.74) is 2.12. The first-order chi connectivity index (χ1) is 11.3. The van der Waals surface area contributed by atoms with Crippen molar-refractivity contribution in [2.75, 3.05) is 19.8 Å². The zero-order chi connectivity index (χ0) is 16.1. The lowest BCUT2D eigenvalue weighted by Gasteiger charge is -2.10. The molecule has 23 heavy (non-hydrogen) atoms. The van der Waals surface area contributed by atoms with E-state index in [0.717, 1.165) is 55.9 Å². The lowest BCUT2D eigenvalue weighted by atomic mass is 10.1. The Bertz CT molecular complexity index is 659. The number of fused-ring (bicyclic) bond motifs is 1. The van der Waals surface area contributed by atoms with Crippen LogP contribution in [0.25, 0.3) is 11.0 Å². The summed E-state index contributed by atoms with van der Waals surface area (Å²) in [5.74, 6) is 1.77. The highest BCUT2D eigenvalue weighted by molar-refractivity contribution is 5.78. The number of carbonyl (C=O) groups is 1. The van der Waals surface area contributed by atoms with E-state index < -0.39 is 0 Å². The van der Waals surface area contributed by atoms with Crippen LogP contribution in [0.15, 0.2) is 24.3 Å². The van der Waals surface area contributed by atoms with Crippen molar-refractivity contribution in [1.82, 2.24) is 14.9 Å². The summed E-state index contributed by atoms with van der Waals surface area (Å²) < 4.78 is 7.52. The molecule has 0 spiro atoms. The van der Waals surface area contributed by atoms with Gasteiger partial charge in [0.25, 0.3) is 0 Å². The van der Waals surface area contributed by atoms with Crippen LogP contribution in [0.4, 0.5) is 0 Å². The number of para-hydroxylation sites is 2. The Kier molecular flexibility index (Phi) is 5.28. The van der Waals surface area contributed by atoms with E-state index in [1.807, 2.05) is 18.2 Å². The van der Waals surface area contributed by atoms with Crippen LogP contribution in [0, 0.1) is 5.92 Å². The molecule has 1 atom stereocenters. The number of aryl methyl sites for hydroxylation is 2. The van der Waals surface area contributed by atoms with E-state index in [4.69, 9.17) is 4.74 Å².